The van der Waals surface area contributed by atoms with Crippen LogP contribution < -0.4 is 0 Å². The standard InChI is InChI=1S/C16H20N2/c1-2-3-4-5-6-7-8-14-9-10-15(12-17)16(11-14)13-18/h9-11H,2-8H2,1H3. The Bertz CT molecular complexity index is 449. The van der Waals surface area contributed by atoms with Crippen LogP contribution in [0.4, 0.5) is 0 Å². The molecule has 0 spiro atoms. The highest BCUT2D eigenvalue weighted by atomic mass is 14.3. The normalized spacial score (nSPS) is 9.72. The number of benzene rings is 1. The third-order valence-electron chi connectivity index (χ3n) is 3.14. The van der Waals surface area contributed by atoms with Crippen molar-refractivity contribution in [2.75, 3.05) is 0 Å². The van der Waals surface area contributed by atoms with E-state index in [1.165, 1.54) is 44.1 Å². The molecule has 94 valence electrons. The molecule has 0 aliphatic carbocycles. The highest BCUT2D eigenvalue weighted by molar-refractivity contribution is 5.47. The topological polar surface area (TPSA) is 47.6 Å². The highest BCUT2D eigenvalue weighted by Gasteiger charge is 2.02. The van der Waals surface area contributed by atoms with E-state index in [-0.39, 0.29) is 0 Å². The van der Waals surface area contributed by atoms with Crippen molar-refractivity contribution >= 4 is 0 Å². The minimum Gasteiger partial charge on any atom is -0.192 e. The number of hydrogen-bond acceptors (Lipinski definition) is 2. The van der Waals surface area contributed by atoms with Crippen LogP contribution >= 0.6 is 0 Å². The molecule has 0 unspecified atom stereocenters. The average molecular weight is 240 g/mol. The predicted molar refractivity (Wildman–Crippen MR) is 73.0 cm³/mol. The summed E-state index contributed by atoms with van der Waals surface area (Å²) in [6.45, 7) is 2.22. The second-order valence-electron chi connectivity index (χ2n) is 4.62. The van der Waals surface area contributed by atoms with E-state index in [4.69, 9.17) is 10.5 Å². The maximum absolute atomic E-state index is 8.94. The number of aryl methyl sites for hydroxylation is 1. The predicted octanol–water partition coefficient (Wildman–Crippen LogP) is 4.33. The Kier molecular flexibility index (Phi) is 6.59. The summed E-state index contributed by atoms with van der Waals surface area (Å²) in [5.41, 5.74) is 2.14. The molecule has 0 radical (unpaired) electrons. The molecule has 18 heavy (non-hydrogen) atoms. The maximum atomic E-state index is 8.94. The fourth-order valence-electron chi connectivity index (χ4n) is 2.05. The summed E-state index contributed by atoms with van der Waals surface area (Å²) in [4.78, 5) is 0. The van der Waals surface area contributed by atoms with Crippen molar-refractivity contribution in [2.24, 2.45) is 0 Å². The van der Waals surface area contributed by atoms with Gasteiger partial charge in [-0.1, -0.05) is 45.1 Å². The summed E-state index contributed by atoms with van der Waals surface area (Å²) < 4.78 is 0. The largest absolute Gasteiger partial charge is 0.192 e. The molecular formula is C16H20N2. The Hall–Kier alpha value is -1.80. The van der Waals surface area contributed by atoms with Crippen LogP contribution in [-0.4, -0.2) is 0 Å². The zero-order chi connectivity index (χ0) is 13.2. The van der Waals surface area contributed by atoms with Gasteiger partial charge in [0, 0.05) is 0 Å². The van der Waals surface area contributed by atoms with Crippen LogP contribution in [0.5, 0.6) is 0 Å². The van der Waals surface area contributed by atoms with Gasteiger partial charge in [0.15, 0.2) is 0 Å². The first-order valence-electron chi connectivity index (χ1n) is 6.75. The van der Waals surface area contributed by atoms with Crippen molar-refractivity contribution in [2.45, 2.75) is 51.9 Å². The Labute approximate surface area is 110 Å². The van der Waals surface area contributed by atoms with Crippen molar-refractivity contribution in [3.63, 3.8) is 0 Å². The zero-order valence-electron chi connectivity index (χ0n) is 11.1. The van der Waals surface area contributed by atoms with E-state index in [9.17, 15) is 0 Å². The van der Waals surface area contributed by atoms with E-state index in [1.807, 2.05) is 18.2 Å². The van der Waals surface area contributed by atoms with Crippen LogP contribution in [0.2, 0.25) is 0 Å². The lowest BCUT2D eigenvalue weighted by Crippen LogP contribution is -1.90. The van der Waals surface area contributed by atoms with E-state index in [0.29, 0.717) is 11.1 Å². The summed E-state index contributed by atoms with van der Waals surface area (Å²) in [5, 5.41) is 17.8. The van der Waals surface area contributed by atoms with Gasteiger partial charge in [0.1, 0.15) is 12.1 Å². The first kappa shape index (κ1) is 14.3. The lowest BCUT2D eigenvalue weighted by Gasteiger charge is -2.03. The van der Waals surface area contributed by atoms with E-state index >= 15 is 0 Å². The molecule has 0 fully saturated rings. The molecule has 0 aromatic heterocycles. The molecule has 0 bridgehead atoms. The second-order valence-corrected chi connectivity index (χ2v) is 4.62. The third kappa shape index (κ3) is 4.60. The fourth-order valence-corrected chi connectivity index (χ4v) is 2.05. The number of hydrogen-bond donors (Lipinski definition) is 0. The van der Waals surface area contributed by atoms with Crippen LogP contribution in [0.3, 0.4) is 0 Å². The van der Waals surface area contributed by atoms with Gasteiger partial charge in [-0.15, -0.1) is 0 Å². The van der Waals surface area contributed by atoms with Crippen LogP contribution in [0.1, 0.15) is 62.1 Å². The van der Waals surface area contributed by atoms with Crippen molar-refractivity contribution in [1.29, 1.82) is 10.5 Å². The lowest BCUT2D eigenvalue weighted by molar-refractivity contribution is 0.607. The average Bonchev–Trinajstić information content (AvgIpc) is 2.42. The first-order valence-corrected chi connectivity index (χ1v) is 6.75. The number of rotatable bonds is 7. The zero-order valence-corrected chi connectivity index (χ0v) is 11.1. The van der Waals surface area contributed by atoms with Gasteiger partial charge in [-0.05, 0) is 30.5 Å². The summed E-state index contributed by atoms with van der Waals surface area (Å²) in [6, 6.07) is 9.69. The van der Waals surface area contributed by atoms with Crippen molar-refractivity contribution in [3.8, 4) is 12.1 Å². The first-order chi connectivity index (χ1) is 8.81. The molecule has 1 aromatic rings. The van der Waals surface area contributed by atoms with Crippen LogP contribution in [-0.2, 0) is 6.42 Å². The third-order valence-corrected chi connectivity index (χ3v) is 3.14. The Morgan fingerprint density at radius 3 is 2.22 bits per heavy atom. The van der Waals surface area contributed by atoms with Gasteiger partial charge in [0.05, 0.1) is 11.1 Å². The van der Waals surface area contributed by atoms with Crippen molar-refractivity contribution < 1.29 is 0 Å². The summed E-state index contributed by atoms with van der Waals surface area (Å²) in [7, 11) is 0. The Balaban J connectivity index is 2.40. The quantitative estimate of drug-likeness (QED) is 0.666. The second kappa shape index (κ2) is 8.31. The van der Waals surface area contributed by atoms with Gasteiger partial charge in [-0.25, -0.2) is 0 Å². The summed E-state index contributed by atoms with van der Waals surface area (Å²) in [6.07, 6.45) is 8.66. The molecule has 0 atom stereocenters. The molecule has 0 saturated heterocycles. The molecule has 0 aliphatic rings. The van der Waals surface area contributed by atoms with E-state index in [0.717, 1.165) is 6.42 Å². The van der Waals surface area contributed by atoms with Crippen molar-refractivity contribution in [1.82, 2.24) is 0 Å². The van der Waals surface area contributed by atoms with Gasteiger partial charge >= 0.3 is 0 Å². The summed E-state index contributed by atoms with van der Waals surface area (Å²) in [5.74, 6) is 0. The fraction of sp³-hybridized carbons (Fsp3) is 0.500. The maximum Gasteiger partial charge on any atom is 0.101 e. The molecule has 0 aliphatic heterocycles. The monoisotopic (exact) mass is 240 g/mol. The lowest BCUT2D eigenvalue weighted by atomic mass is 10.0. The number of unbranched alkanes of at least 4 members (excludes halogenated alkanes) is 5. The summed E-state index contributed by atoms with van der Waals surface area (Å²) >= 11 is 0. The molecular weight excluding hydrogens is 220 g/mol. The van der Waals surface area contributed by atoms with Gasteiger partial charge in [-0.3, -0.25) is 0 Å². The minimum absolute atomic E-state index is 0.476. The molecule has 1 aromatic carbocycles. The number of nitriles is 2. The Morgan fingerprint density at radius 1 is 0.889 bits per heavy atom. The van der Waals surface area contributed by atoms with E-state index in [1.54, 1.807) is 6.07 Å². The smallest absolute Gasteiger partial charge is 0.101 e. The molecule has 0 heterocycles. The van der Waals surface area contributed by atoms with Crippen LogP contribution in [0.15, 0.2) is 18.2 Å². The molecule has 0 saturated carbocycles. The Morgan fingerprint density at radius 2 is 1.56 bits per heavy atom. The van der Waals surface area contributed by atoms with Gasteiger partial charge in [0.2, 0.25) is 0 Å². The molecule has 2 heteroatoms. The molecule has 1 rings (SSSR count). The van der Waals surface area contributed by atoms with Gasteiger partial charge in [0.25, 0.3) is 0 Å². The van der Waals surface area contributed by atoms with Crippen molar-refractivity contribution in [3.05, 3.63) is 34.9 Å². The molecule has 0 amide bonds. The minimum atomic E-state index is 0.476. The number of nitrogens with zero attached hydrogens (tertiary/aromatic N) is 2. The highest BCUT2D eigenvalue weighted by Crippen LogP contribution is 2.14. The molecule has 2 nitrogen and oxygen atoms in total. The van der Waals surface area contributed by atoms with E-state index in [2.05, 4.69) is 13.0 Å². The molecule has 0 N–H and O–H groups in total. The van der Waals surface area contributed by atoms with Gasteiger partial charge in [-0.2, -0.15) is 10.5 Å². The van der Waals surface area contributed by atoms with Crippen LogP contribution in [0.25, 0.3) is 0 Å². The van der Waals surface area contributed by atoms with Crippen LogP contribution in [0, 0.1) is 22.7 Å². The SMILES string of the molecule is CCCCCCCCc1ccc(C#N)c(C#N)c1. The van der Waals surface area contributed by atoms with E-state index < -0.39 is 0 Å². The van der Waals surface area contributed by atoms with Gasteiger partial charge < -0.3 is 0 Å².